The Hall–Kier alpha value is -2.04. The smallest absolute Gasteiger partial charge is 0.313 e. The maximum atomic E-state index is 12.3. The van der Waals surface area contributed by atoms with Crippen LogP contribution in [0.1, 0.15) is 12.5 Å². The number of hydrogen-bond donors (Lipinski definition) is 1. The fraction of sp³-hybridized carbons (Fsp3) is 0.176. The Labute approximate surface area is 145 Å². The monoisotopic (exact) mass is 350 g/mol. The predicted molar refractivity (Wildman–Crippen MR) is 92.6 cm³/mol. The molecule has 0 aliphatic heterocycles. The second-order valence-electron chi connectivity index (χ2n) is 4.89. The molecule has 0 aromatic heterocycles. The third kappa shape index (κ3) is 4.71. The highest BCUT2D eigenvalue weighted by Gasteiger charge is 2.21. The van der Waals surface area contributed by atoms with Gasteiger partial charge in [-0.25, -0.2) is 0 Å². The minimum absolute atomic E-state index is 0.313. The van der Waals surface area contributed by atoms with Gasteiger partial charge in [0.25, 0.3) is 0 Å². The lowest BCUT2D eigenvalue weighted by Gasteiger charge is -2.20. The van der Waals surface area contributed by atoms with E-state index in [9.17, 15) is 9.59 Å². The van der Waals surface area contributed by atoms with Gasteiger partial charge in [-0.1, -0.05) is 53.5 Å². The number of likely N-dealkylation sites (N-methyl/N-ethyl adjacent to an activating group) is 1. The van der Waals surface area contributed by atoms with Crippen molar-refractivity contribution in [3.63, 3.8) is 0 Å². The number of carbonyl (C=O) groups excluding carboxylic acids is 2. The first-order valence-electron chi connectivity index (χ1n) is 7.10. The molecule has 0 spiro atoms. The first-order valence-corrected chi connectivity index (χ1v) is 7.86. The highest BCUT2D eigenvalue weighted by atomic mass is 35.5. The summed E-state index contributed by atoms with van der Waals surface area (Å²) in [7, 11) is 0. The van der Waals surface area contributed by atoms with E-state index in [0.717, 1.165) is 5.56 Å². The van der Waals surface area contributed by atoms with Crippen LogP contribution in [0.25, 0.3) is 0 Å². The highest BCUT2D eigenvalue weighted by Crippen LogP contribution is 2.25. The van der Waals surface area contributed by atoms with Gasteiger partial charge in [0.05, 0.1) is 10.0 Å². The number of halogens is 2. The average Bonchev–Trinajstić information content (AvgIpc) is 2.56. The van der Waals surface area contributed by atoms with E-state index in [1.54, 1.807) is 12.1 Å². The van der Waals surface area contributed by atoms with Gasteiger partial charge in [0.2, 0.25) is 0 Å². The number of rotatable bonds is 4. The van der Waals surface area contributed by atoms with Crippen LogP contribution in [0.2, 0.25) is 10.0 Å². The molecule has 1 N–H and O–H groups in total. The fourth-order valence-electron chi connectivity index (χ4n) is 2.03. The van der Waals surface area contributed by atoms with Gasteiger partial charge < -0.3 is 10.2 Å². The summed E-state index contributed by atoms with van der Waals surface area (Å²) in [5.41, 5.74) is 1.39. The van der Waals surface area contributed by atoms with Crippen LogP contribution in [-0.4, -0.2) is 23.3 Å². The number of benzene rings is 2. The maximum absolute atomic E-state index is 12.3. The van der Waals surface area contributed by atoms with Crippen molar-refractivity contribution >= 4 is 40.7 Å². The molecular weight excluding hydrogens is 335 g/mol. The number of hydrogen-bond acceptors (Lipinski definition) is 2. The van der Waals surface area contributed by atoms with Crippen LogP contribution in [0.15, 0.2) is 48.5 Å². The number of carbonyl (C=O) groups is 2. The number of amides is 2. The molecule has 2 aromatic rings. The van der Waals surface area contributed by atoms with Crippen molar-refractivity contribution in [1.29, 1.82) is 0 Å². The van der Waals surface area contributed by atoms with Crippen molar-refractivity contribution in [1.82, 2.24) is 4.90 Å². The fourth-order valence-corrected chi connectivity index (χ4v) is 2.33. The van der Waals surface area contributed by atoms with Crippen LogP contribution in [0.3, 0.4) is 0 Å². The molecule has 4 nitrogen and oxygen atoms in total. The summed E-state index contributed by atoms with van der Waals surface area (Å²) in [5, 5.41) is 3.24. The Kier molecular flexibility index (Phi) is 6.02. The highest BCUT2D eigenvalue weighted by molar-refractivity contribution is 6.42. The van der Waals surface area contributed by atoms with Crippen LogP contribution >= 0.6 is 23.2 Å². The normalized spacial score (nSPS) is 10.2. The molecule has 0 saturated carbocycles. The Balaban J connectivity index is 2.04. The van der Waals surface area contributed by atoms with E-state index in [1.807, 2.05) is 37.3 Å². The molecule has 2 aromatic carbocycles. The van der Waals surface area contributed by atoms with Gasteiger partial charge in [-0.05, 0) is 30.7 Å². The molecular formula is C17H16Cl2N2O2. The summed E-state index contributed by atoms with van der Waals surface area (Å²) < 4.78 is 0. The standard InChI is InChI=1S/C17H16Cl2N2O2/c1-2-21(11-12-6-4-3-5-7-12)17(23)16(22)20-13-8-9-14(18)15(19)10-13/h3-10H,2,11H2,1H3,(H,20,22). The Morgan fingerprint density at radius 3 is 2.35 bits per heavy atom. The Morgan fingerprint density at radius 1 is 1.04 bits per heavy atom. The molecule has 0 radical (unpaired) electrons. The quantitative estimate of drug-likeness (QED) is 0.847. The predicted octanol–water partition coefficient (Wildman–Crippen LogP) is 3.98. The van der Waals surface area contributed by atoms with E-state index in [2.05, 4.69) is 5.32 Å². The summed E-state index contributed by atoms with van der Waals surface area (Å²) in [6.07, 6.45) is 0. The molecule has 2 rings (SSSR count). The summed E-state index contributed by atoms with van der Waals surface area (Å²) in [5.74, 6) is -1.30. The first-order chi connectivity index (χ1) is 11.0. The van der Waals surface area contributed by atoms with Crippen LogP contribution < -0.4 is 5.32 Å². The van der Waals surface area contributed by atoms with Gasteiger partial charge >= 0.3 is 11.8 Å². The van der Waals surface area contributed by atoms with E-state index in [1.165, 1.54) is 11.0 Å². The second kappa shape index (κ2) is 7.99. The third-order valence-corrected chi connectivity index (χ3v) is 4.00. The molecule has 0 saturated heterocycles. The van der Waals surface area contributed by atoms with E-state index >= 15 is 0 Å². The van der Waals surface area contributed by atoms with Crippen molar-refractivity contribution in [3.8, 4) is 0 Å². The van der Waals surface area contributed by atoms with E-state index in [0.29, 0.717) is 28.8 Å². The molecule has 0 atom stereocenters. The topological polar surface area (TPSA) is 49.4 Å². The zero-order chi connectivity index (χ0) is 16.8. The molecule has 0 aliphatic rings. The summed E-state index contributed by atoms with van der Waals surface area (Å²) in [6.45, 7) is 2.64. The van der Waals surface area contributed by atoms with Gasteiger partial charge in [-0.2, -0.15) is 0 Å². The number of nitrogens with zero attached hydrogens (tertiary/aromatic N) is 1. The van der Waals surface area contributed by atoms with Crippen LogP contribution in [0.5, 0.6) is 0 Å². The molecule has 0 unspecified atom stereocenters. The van der Waals surface area contributed by atoms with Crippen molar-refractivity contribution in [2.24, 2.45) is 0 Å². The van der Waals surface area contributed by atoms with E-state index < -0.39 is 11.8 Å². The molecule has 0 aliphatic carbocycles. The van der Waals surface area contributed by atoms with E-state index in [4.69, 9.17) is 23.2 Å². The van der Waals surface area contributed by atoms with Crippen molar-refractivity contribution < 1.29 is 9.59 Å². The van der Waals surface area contributed by atoms with Crippen LogP contribution in [0.4, 0.5) is 5.69 Å². The molecule has 0 heterocycles. The minimum atomic E-state index is -0.707. The minimum Gasteiger partial charge on any atom is -0.330 e. The maximum Gasteiger partial charge on any atom is 0.313 e. The average molecular weight is 351 g/mol. The van der Waals surface area contributed by atoms with Crippen LogP contribution in [0, 0.1) is 0 Å². The molecule has 120 valence electrons. The third-order valence-electron chi connectivity index (χ3n) is 3.26. The summed E-state index contributed by atoms with van der Waals surface area (Å²) in [4.78, 5) is 25.9. The zero-order valence-corrected chi connectivity index (χ0v) is 14.1. The van der Waals surface area contributed by atoms with Gasteiger partial charge in [-0.3, -0.25) is 9.59 Å². The van der Waals surface area contributed by atoms with Gasteiger partial charge in [0, 0.05) is 18.8 Å². The van der Waals surface area contributed by atoms with E-state index in [-0.39, 0.29) is 0 Å². The molecule has 23 heavy (non-hydrogen) atoms. The van der Waals surface area contributed by atoms with Crippen molar-refractivity contribution in [2.75, 3.05) is 11.9 Å². The summed E-state index contributed by atoms with van der Waals surface area (Å²) in [6, 6.07) is 14.2. The second-order valence-corrected chi connectivity index (χ2v) is 5.70. The number of nitrogens with one attached hydrogen (secondary N) is 1. The summed E-state index contributed by atoms with van der Waals surface area (Å²) >= 11 is 11.7. The van der Waals surface area contributed by atoms with Gasteiger partial charge in [0.15, 0.2) is 0 Å². The molecule has 0 fully saturated rings. The molecule has 2 amide bonds. The lowest BCUT2D eigenvalue weighted by Crippen LogP contribution is -2.39. The van der Waals surface area contributed by atoms with Gasteiger partial charge in [0.1, 0.15) is 0 Å². The lowest BCUT2D eigenvalue weighted by atomic mass is 10.2. The first kappa shape index (κ1) is 17.3. The van der Waals surface area contributed by atoms with Crippen LogP contribution in [-0.2, 0) is 16.1 Å². The van der Waals surface area contributed by atoms with Gasteiger partial charge in [-0.15, -0.1) is 0 Å². The number of anilines is 1. The van der Waals surface area contributed by atoms with Crippen molar-refractivity contribution in [3.05, 3.63) is 64.1 Å². The molecule has 6 heteroatoms. The molecule has 0 bridgehead atoms. The Bertz CT molecular complexity index is 705. The largest absolute Gasteiger partial charge is 0.330 e. The SMILES string of the molecule is CCN(Cc1ccccc1)C(=O)C(=O)Nc1ccc(Cl)c(Cl)c1. The Morgan fingerprint density at radius 2 is 1.74 bits per heavy atom. The lowest BCUT2D eigenvalue weighted by molar-refractivity contribution is -0.143. The van der Waals surface area contributed by atoms with Crippen molar-refractivity contribution in [2.45, 2.75) is 13.5 Å². The zero-order valence-electron chi connectivity index (χ0n) is 12.6.